The molecule has 0 saturated carbocycles. The molecule has 0 radical (unpaired) electrons. The summed E-state index contributed by atoms with van der Waals surface area (Å²) in [5.74, 6) is -0.260. The van der Waals surface area contributed by atoms with Crippen LogP contribution < -0.4 is 11.1 Å². The molecular weight excluding hydrogens is 385 g/mol. The first kappa shape index (κ1) is 22.8. The van der Waals surface area contributed by atoms with Crippen LogP contribution in [0.15, 0.2) is 34.6 Å². The molecule has 1 atom stereocenters. The monoisotopic (exact) mass is 413 g/mol. The van der Waals surface area contributed by atoms with Crippen LogP contribution in [-0.2, 0) is 4.79 Å². The molecule has 1 aromatic carbocycles. The fourth-order valence-corrected chi connectivity index (χ4v) is 3.73. The lowest BCUT2D eigenvalue weighted by molar-refractivity contribution is -0.105. The van der Waals surface area contributed by atoms with Crippen molar-refractivity contribution in [3.8, 4) is 11.1 Å². The number of benzene rings is 1. The zero-order valence-electron chi connectivity index (χ0n) is 17.5. The van der Waals surface area contributed by atoms with E-state index in [1.165, 1.54) is 6.07 Å². The van der Waals surface area contributed by atoms with Gasteiger partial charge in [0.25, 0.3) is 0 Å². The Morgan fingerprint density at radius 3 is 2.66 bits per heavy atom. The van der Waals surface area contributed by atoms with Crippen LogP contribution in [0.25, 0.3) is 17.2 Å². The van der Waals surface area contributed by atoms with E-state index in [9.17, 15) is 4.79 Å². The third-order valence-corrected chi connectivity index (χ3v) is 5.62. The van der Waals surface area contributed by atoms with E-state index in [4.69, 9.17) is 5.73 Å². The largest absolute Gasteiger partial charge is 0.330 e. The summed E-state index contributed by atoms with van der Waals surface area (Å²) in [4.78, 5) is 16.8. The summed E-state index contributed by atoms with van der Waals surface area (Å²) in [7, 11) is 0. The SMILES string of the molecule is C/C=C\S/C(C)=C/c1c(NC=O)c(C)nc(C)c1-c1ccc(C(C)CN)cc1F. The number of thioether (sulfide) groups is 1. The van der Waals surface area contributed by atoms with Crippen LogP contribution in [-0.4, -0.2) is 17.9 Å². The number of allylic oxidation sites excluding steroid dienone is 2. The number of hydrogen-bond donors (Lipinski definition) is 2. The predicted octanol–water partition coefficient (Wildman–Crippen LogP) is 5.76. The molecule has 2 rings (SSSR count). The Labute approximate surface area is 176 Å². The lowest BCUT2D eigenvalue weighted by Gasteiger charge is -2.18. The lowest BCUT2D eigenvalue weighted by atomic mass is 9.92. The van der Waals surface area contributed by atoms with Crippen molar-refractivity contribution in [2.45, 2.75) is 40.5 Å². The molecule has 0 aliphatic heterocycles. The van der Waals surface area contributed by atoms with Gasteiger partial charge >= 0.3 is 0 Å². The van der Waals surface area contributed by atoms with E-state index in [1.54, 1.807) is 17.8 Å². The van der Waals surface area contributed by atoms with Crippen LogP contribution in [0.3, 0.4) is 0 Å². The van der Waals surface area contributed by atoms with Crippen LogP contribution in [0, 0.1) is 19.7 Å². The van der Waals surface area contributed by atoms with E-state index in [2.05, 4.69) is 10.3 Å². The molecule has 6 heteroatoms. The van der Waals surface area contributed by atoms with Gasteiger partial charge in [-0.05, 0) is 68.2 Å². The zero-order chi connectivity index (χ0) is 21.6. The molecule has 1 amide bonds. The van der Waals surface area contributed by atoms with Crippen LogP contribution in [0.1, 0.15) is 49.2 Å². The Bertz CT molecular complexity index is 954. The minimum absolute atomic E-state index is 0.0712. The minimum Gasteiger partial charge on any atom is -0.330 e. The van der Waals surface area contributed by atoms with Crippen LogP contribution in [0.5, 0.6) is 0 Å². The summed E-state index contributed by atoms with van der Waals surface area (Å²) in [6.07, 6.45) is 4.54. The Kier molecular flexibility index (Phi) is 8.17. The van der Waals surface area contributed by atoms with E-state index >= 15 is 4.39 Å². The highest BCUT2D eigenvalue weighted by molar-refractivity contribution is 8.05. The molecule has 1 heterocycles. The van der Waals surface area contributed by atoms with Gasteiger partial charge in [0.05, 0.1) is 11.4 Å². The highest BCUT2D eigenvalue weighted by atomic mass is 32.2. The summed E-state index contributed by atoms with van der Waals surface area (Å²) in [5.41, 5.74) is 10.4. The normalized spacial score (nSPS) is 13.0. The highest BCUT2D eigenvalue weighted by Crippen LogP contribution is 2.38. The third kappa shape index (κ3) is 5.34. The van der Waals surface area contributed by atoms with Gasteiger partial charge in [-0.1, -0.05) is 25.1 Å². The van der Waals surface area contributed by atoms with Gasteiger partial charge in [0.15, 0.2) is 0 Å². The summed E-state index contributed by atoms with van der Waals surface area (Å²) in [5, 5.41) is 4.72. The van der Waals surface area contributed by atoms with E-state index in [1.807, 2.05) is 58.2 Å². The van der Waals surface area contributed by atoms with Gasteiger partial charge < -0.3 is 11.1 Å². The molecule has 0 aliphatic rings. The molecule has 1 aromatic heterocycles. The topological polar surface area (TPSA) is 68.0 Å². The number of carbonyl (C=O) groups excluding carboxylic acids is 1. The second-order valence-corrected chi connectivity index (χ2v) is 8.08. The molecule has 0 saturated heterocycles. The first-order valence-corrected chi connectivity index (χ1v) is 10.4. The number of rotatable bonds is 8. The third-order valence-electron chi connectivity index (χ3n) is 4.72. The smallest absolute Gasteiger partial charge is 0.211 e. The first-order valence-electron chi connectivity index (χ1n) is 9.51. The number of aryl methyl sites for hydroxylation is 2. The highest BCUT2D eigenvalue weighted by Gasteiger charge is 2.19. The average molecular weight is 414 g/mol. The maximum Gasteiger partial charge on any atom is 0.211 e. The van der Waals surface area contributed by atoms with Crippen molar-refractivity contribution in [1.82, 2.24) is 4.98 Å². The quantitative estimate of drug-likeness (QED) is 0.540. The number of aromatic nitrogens is 1. The second kappa shape index (κ2) is 10.4. The molecule has 0 bridgehead atoms. The predicted molar refractivity (Wildman–Crippen MR) is 122 cm³/mol. The number of pyridine rings is 1. The van der Waals surface area contributed by atoms with Crippen molar-refractivity contribution in [3.05, 3.63) is 62.9 Å². The first-order chi connectivity index (χ1) is 13.8. The van der Waals surface area contributed by atoms with E-state index in [-0.39, 0.29) is 11.7 Å². The maximum absolute atomic E-state index is 15.2. The molecule has 4 nitrogen and oxygen atoms in total. The van der Waals surface area contributed by atoms with Gasteiger partial charge in [-0.2, -0.15) is 0 Å². The summed E-state index contributed by atoms with van der Waals surface area (Å²) >= 11 is 1.56. The standard InChI is InChI=1S/C23H28FN3OS/c1-6-9-29-15(3)10-20-22(16(4)27-17(5)23(20)26-13-28)19-8-7-18(11-21(19)24)14(2)12-25/h6-11,13-14H,12,25H2,1-5H3,(H,26,28)/b9-6-,15-10+. The van der Waals surface area contributed by atoms with Crippen molar-refractivity contribution in [2.75, 3.05) is 11.9 Å². The molecular formula is C23H28FN3OS. The number of halogens is 1. The molecule has 0 fully saturated rings. The summed E-state index contributed by atoms with van der Waals surface area (Å²) < 4.78 is 15.2. The van der Waals surface area contributed by atoms with Crippen LogP contribution in [0.4, 0.5) is 10.1 Å². The average Bonchev–Trinajstić information content (AvgIpc) is 2.69. The van der Waals surface area contributed by atoms with E-state index in [0.717, 1.165) is 16.0 Å². The number of nitrogens with one attached hydrogen (secondary N) is 1. The summed E-state index contributed by atoms with van der Waals surface area (Å²) in [6.45, 7) is 10.0. The molecule has 2 aromatic rings. The van der Waals surface area contributed by atoms with Gasteiger partial charge in [-0.25, -0.2) is 4.39 Å². The molecule has 0 spiro atoms. The van der Waals surface area contributed by atoms with Crippen molar-refractivity contribution in [1.29, 1.82) is 0 Å². The summed E-state index contributed by atoms with van der Waals surface area (Å²) in [6, 6.07) is 5.21. The molecule has 29 heavy (non-hydrogen) atoms. The Morgan fingerprint density at radius 1 is 1.34 bits per heavy atom. The number of nitrogens with zero attached hydrogens (tertiary/aromatic N) is 1. The minimum atomic E-state index is -0.331. The molecule has 3 N–H and O–H groups in total. The number of anilines is 1. The lowest BCUT2D eigenvalue weighted by Crippen LogP contribution is -2.09. The van der Waals surface area contributed by atoms with Crippen molar-refractivity contribution in [3.63, 3.8) is 0 Å². The van der Waals surface area contributed by atoms with Gasteiger partial charge in [-0.3, -0.25) is 9.78 Å². The van der Waals surface area contributed by atoms with E-state index < -0.39 is 0 Å². The number of amides is 1. The maximum atomic E-state index is 15.2. The fourth-order valence-electron chi connectivity index (χ4n) is 3.19. The second-order valence-electron chi connectivity index (χ2n) is 6.93. The van der Waals surface area contributed by atoms with Gasteiger partial charge in [0.2, 0.25) is 6.41 Å². The van der Waals surface area contributed by atoms with E-state index in [0.29, 0.717) is 41.2 Å². The van der Waals surface area contributed by atoms with Gasteiger partial charge in [0, 0.05) is 22.4 Å². The van der Waals surface area contributed by atoms with Crippen molar-refractivity contribution < 1.29 is 9.18 Å². The number of nitrogens with two attached hydrogens (primary N) is 1. The van der Waals surface area contributed by atoms with Crippen molar-refractivity contribution in [2.24, 2.45) is 5.73 Å². The van der Waals surface area contributed by atoms with Crippen LogP contribution in [0.2, 0.25) is 0 Å². The number of carbonyl (C=O) groups is 1. The van der Waals surface area contributed by atoms with Gasteiger partial charge in [0.1, 0.15) is 5.82 Å². The Morgan fingerprint density at radius 2 is 2.07 bits per heavy atom. The number of hydrogen-bond acceptors (Lipinski definition) is 4. The molecule has 0 aliphatic carbocycles. The Balaban J connectivity index is 2.76. The fraction of sp³-hybridized carbons (Fsp3) is 0.304. The molecule has 1 unspecified atom stereocenters. The zero-order valence-corrected chi connectivity index (χ0v) is 18.4. The van der Waals surface area contributed by atoms with Crippen LogP contribution >= 0.6 is 11.8 Å². The van der Waals surface area contributed by atoms with Crippen molar-refractivity contribution >= 4 is 29.9 Å². The van der Waals surface area contributed by atoms with Gasteiger partial charge in [-0.15, -0.1) is 11.8 Å². The molecule has 154 valence electrons. The Hall–Kier alpha value is -2.44.